The van der Waals surface area contributed by atoms with Crippen molar-refractivity contribution in [1.29, 1.82) is 0 Å². The van der Waals surface area contributed by atoms with E-state index in [1.807, 2.05) is 17.5 Å². The van der Waals surface area contributed by atoms with E-state index < -0.39 is 5.97 Å². The molecule has 2 rings (SSSR count). The first-order chi connectivity index (χ1) is 7.29. The Balaban J connectivity index is 2.11. The normalized spacial score (nSPS) is 10.2. The number of hydrogen-bond acceptors (Lipinski definition) is 5. The molecular weight excluding hydrogens is 214 g/mol. The summed E-state index contributed by atoms with van der Waals surface area (Å²) < 4.78 is 6.14. The Morgan fingerprint density at radius 2 is 2.53 bits per heavy atom. The maximum absolute atomic E-state index is 11.1. The Kier molecular flexibility index (Phi) is 2.77. The van der Waals surface area contributed by atoms with Gasteiger partial charge in [0.1, 0.15) is 0 Å². The molecule has 0 atom stereocenters. The monoisotopic (exact) mass is 223 g/mol. The van der Waals surface area contributed by atoms with E-state index in [4.69, 9.17) is 0 Å². The third-order valence-corrected chi connectivity index (χ3v) is 2.69. The molecule has 78 valence electrons. The minimum atomic E-state index is -0.465. The first-order valence-electron chi connectivity index (χ1n) is 4.30. The standard InChI is InChI=1S/C9H9N3O2S/c1-14-9(13)8-6-12(11-10-8)5-7-3-2-4-15-7/h2-4,6H,5H2,1H3. The third kappa shape index (κ3) is 2.21. The highest BCUT2D eigenvalue weighted by molar-refractivity contribution is 7.09. The second kappa shape index (κ2) is 4.22. The van der Waals surface area contributed by atoms with E-state index in [9.17, 15) is 4.79 Å². The van der Waals surface area contributed by atoms with Crippen LogP contribution in [0.25, 0.3) is 0 Å². The third-order valence-electron chi connectivity index (χ3n) is 1.83. The number of carbonyl (C=O) groups is 1. The zero-order valence-electron chi connectivity index (χ0n) is 8.08. The molecule has 2 heterocycles. The van der Waals surface area contributed by atoms with E-state index in [0.717, 1.165) is 4.88 Å². The fourth-order valence-electron chi connectivity index (χ4n) is 1.14. The maximum Gasteiger partial charge on any atom is 0.360 e. The van der Waals surface area contributed by atoms with E-state index in [-0.39, 0.29) is 5.69 Å². The molecule has 2 aromatic heterocycles. The van der Waals surface area contributed by atoms with Gasteiger partial charge in [-0.05, 0) is 11.4 Å². The molecule has 0 N–H and O–H groups in total. The number of rotatable bonds is 3. The van der Waals surface area contributed by atoms with E-state index in [2.05, 4.69) is 15.0 Å². The van der Waals surface area contributed by atoms with Crippen LogP contribution in [0.2, 0.25) is 0 Å². The number of carbonyl (C=O) groups excluding carboxylic acids is 1. The Labute approximate surface area is 90.3 Å². The molecule has 0 spiro atoms. The van der Waals surface area contributed by atoms with Gasteiger partial charge in [-0.1, -0.05) is 11.3 Å². The quantitative estimate of drug-likeness (QED) is 0.733. The molecule has 0 saturated carbocycles. The van der Waals surface area contributed by atoms with Gasteiger partial charge in [0.2, 0.25) is 0 Å². The molecule has 0 saturated heterocycles. The highest BCUT2D eigenvalue weighted by atomic mass is 32.1. The van der Waals surface area contributed by atoms with Gasteiger partial charge in [0.05, 0.1) is 19.9 Å². The van der Waals surface area contributed by atoms with Gasteiger partial charge < -0.3 is 4.74 Å². The molecule has 0 aromatic carbocycles. The van der Waals surface area contributed by atoms with E-state index in [1.165, 1.54) is 7.11 Å². The molecule has 0 amide bonds. The summed E-state index contributed by atoms with van der Waals surface area (Å²) in [5.41, 5.74) is 0.231. The van der Waals surface area contributed by atoms with E-state index in [0.29, 0.717) is 6.54 Å². The van der Waals surface area contributed by atoms with Crippen LogP contribution in [0.15, 0.2) is 23.7 Å². The van der Waals surface area contributed by atoms with Gasteiger partial charge in [-0.3, -0.25) is 0 Å². The minimum absolute atomic E-state index is 0.231. The van der Waals surface area contributed by atoms with E-state index >= 15 is 0 Å². The number of ether oxygens (including phenoxy) is 1. The van der Waals surface area contributed by atoms with Gasteiger partial charge in [-0.25, -0.2) is 9.48 Å². The average molecular weight is 223 g/mol. The Bertz CT molecular complexity index is 450. The second-order valence-electron chi connectivity index (χ2n) is 2.87. The molecule has 0 unspecified atom stereocenters. The van der Waals surface area contributed by atoms with Crippen molar-refractivity contribution < 1.29 is 9.53 Å². The molecular formula is C9H9N3O2S. The number of methoxy groups -OCH3 is 1. The van der Waals surface area contributed by atoms with Crippen LogP contribution < -0.4 is 0 Å². The molecule has 0 aliphatic heterocycles. The van der Waals surface area contributed by atoms with Crippen LogP contribution in [0.4, 0.5) is 0 Å². The SMILES string of the molecule is COC(=O)c1cn(Cc2cccs2)nn1. The summed E-state index contributed by atoms with van der Waals surface area (Å²) in [4.78, 5) is 12.3. The molecule has 0 aliphatic rings. The first kappa shape index (κ1) is 9.85. The van der Waals surface area contributed by atoms with Crippen LogP contribution in [0.5, 0.6) is 0 Å². The lowest BCUT2D eigenvalue weighted by Crippen LogP contribution is -2.01. The summed E-state index contributed by atoms with van der Waals surface area (Å²) in [6.07, 6.45) is 1.57. The summed E-state index contributed by atoms with van der Waals surface area (Å²) >= 11 is 1.64. The van der Waals surface area contributed by atoms with Crippen molar-refractivity contribution in [3.8, 4) is 0 Å². The maximum atomic E-state index is 11.1. The lowest BCUT2D eigenvalue weighted by atomic mass is 10.4. The van der Waals surface area contributed by atoms with Crippen LogP contribution in [-0.2, 0) is 11.3 Å². The average Bonchev–Trinajstić information content (AvgIpc) is 2.88. The molecule has 0 radical (unpaired) electrons. The summed E-state index contributed by atoms with van der Waals surface area (Å²) in [6, 6.07) is 3.97. The smallest absolute Gasteiger partial charge is 0.360 e. The second-order valence-corrected chi connectivity index (χ2v) is 3.90. The van der Waals surface area contributed by atoms with Gasteiger partial charge in [0, 0.05) is 4.88 Å². The van der Waals surface area contributed by atoms with Crippen LogP contribution in [-0.4, -0.2) is 28.1 Å². The fraction of sp³-hybridized carbons (Fsp3) is 0.222. The van der Waals surface area contributed by atoms with Crippen molar-refractivity contribution in [2.45, 2.75) is 6.54 Å². The molecule has 0 fully saturated rings. The van der Waals surface area contributed by atoms with Gasteiger partial charge in [0.25, 0.3) is 0 Å². The first-order valence-corrected chi connectivity index (χ1v) is 5.18. The predicted molar refractivity (Wildman–Crippen MR) is 54.8 cm³/mol. The number of esters is 1. The highest BCUT2D eigenvalue weighted by Crippen LogP contribution is 2.09. The Morgan fingerprint density at radius 1 is 1.67 bits per heavy atom. The Hall–Kier alpha value is -1.69. The summed E-state index contributed by atoms with van der Waals surface area (Å²) in [6.45, 7) is 0.627. The highest BCUT2D eigenvalue weighted by Gasteiger charge is 2.10. The Morgan fingerprint density at radius 3 is 3.20 bits per heavy atom. The molecule has 6 heteroatoms. The van der Waals surface area contributed by atoms with Crippen molar-refractivity contribution in [2.75, 3.05) is 7.11 Å². The van der Waals surface area contributed by atoms with Crippen molar-refractivity contribution in [1.82, 2.24) is 15.0 Å². The van der Waals surface area contributed by atoms with Crippen LogP contribution >= 0.6 is 11.3 Å². The van der Waals surface area contributed by atoms with Crippen LogP contribution in [0, 0.1) is 0 Å². The number of aromatic nitrogens is 3. The van der Waals surface area contributed by atoms with Gasteiger partial charge in [-0.15, -0.1) is 16.4 Å². The van der Waals surface area contributed by atoms with Gasteiger partial charge in [0.15, 0.2) is 5.69 Å². The fourth-order valence-corrected chi connectivity index (χ4v) is 1.83. The molecule has 0 bridgehead atoms. The summed E-state index contributed by atoms with van der Waals surface area (Å²) in [7, 11) is 1.32. The zero-order chi connectivity index (χ0) is 10.7. The predicted octanol–water partition coefficient (Wildman–Crippen LogP) is 1.17. The van der Waals surface area contributed by atoms with Gasteiger partial charge >= 0.3 is 5.97 Å². The summed E-state index contributed by atoms with van der Waals surface area (Å²) in [5.74, 6) is -0.465. The number of nitrogens with zero attached hydrogens (tertiary/aromatic N) is 3. The molecule has 2 aromatic rings. The van der Waals surface area contributed by atoms with Crippen molar-refractivity contribution in [3.63, 3.8) is 0 Å². The molecule has 15 heavy (non-hydrogen) atoms. The van der Waals surface area contributed by atoms with Crippen molar-refractivity contribution in [2.24, 2.45) is 0 Å². The molecule has 5 nitrogen and oxygen atoms in total. The number of thiophene rings is 1. The zero-order valence-corrected chi connectivity index (χ0v) is 8.90. The van der Waals surface area contributed by atoms with Crippen molar-refractivity contribution in [3.05, 3.63) is 34.3 Å². The van der Waals surface area contributed by atoms with E-state index in [1.54, 1.807) is 22.2 Å². The van der Waals surface area contributed by atoms with Crippen LogP contribution in [0.1, 0.15) is 15.4 Å². The molecule has 0 aliphatic carbocycles. The largest absolute Gasteiger partial charge is 0.464 e. The number of hydrogen-bond donors (Lipinski definition) is 0. The lowest BCUT2D eigenvalue weighted by Gasteiger charge is -1.94. The van der Waals surface area contributed by atoms with Crippen LogP contribution in [0.3, 0.4) is 0 Å². The minimum Gasteiger partial charge on any atom is -0.464 e. The van der Waals surface area contributed by atoms with Gasteiger partial charge in [-0.2, -0.15) is 0 Å². The summed E-state index contributed by atoms with van der Waals surface area (Å²) in [5, 5.41) is 9.54. The topological polar surface area (TPSA) is 57.0 Å². The van der Waals surface area contributed by atoms with Crippen molar-refractivity contribution >= 4 is 17.3 Å². The lowest BCUT2D eigenvalue weighted by molar-refractivity contribution is 0.0594.